The summed E-state index contributed by atoms with van der Waals surface area (Å²) in [5, 5.41) is 8.60. The maximum Gasteiger partial charge on any atom is 0.332 e. The first kappa shape index (κ1) is 22.1. The van der Waals surface area contributed by atoms with Crippen molar-refractivity contribution >= 4 is 34.5 Å². The quantitative estimate of drug-likeness (QED) is 0.244. The highest BCUT2D eigenvalue weighted by Crippen LogP contribution is 2.63. The number of alkyl halides is 1. The molecule has 158 valence electrons. The molecule has 3 rings (SSSR count). The lowest BCUT2D eigenvalue weighted by Gasteiger charge is -2.59. The van der Waals surface area contributed by atoms with Crippen molar-refractivity contribution in [3.05, 3.63) is 11.6 Å². The number of allylic oxidation sites excluding steroid dienone is 2. The average Bonchev–Trinajstić information content (AvgIpc) is 2.58. The van der Waals surface area contributed by atoms with Gasteiger partial charge in [0.15, 0.2) is 0 Å². The van der Waals surface area contributed by atoms with Gasteiger partial charge in [0.25, 0.3) is 0 Å². The highest BCUT2D eigenvalue weighted by atomic mass is 127. The lowest BCUT2D eigenvalue weighted by molar-refractivity contribution is -0.159. The van der Waals surface area contributed by atoms with E-state index in [-0.39, 0.29) is 17.4 Å². The maximum absolute atomic E-state index is 12.0. The van der Waals surface area contributed by atoms with Gasteiger partial charge in [0.2, 0.25) is 0 Å². The summed E-state index contributed by atoms with van der Waals surface area (Å²) >= 11 is 2.62. The zero-order valence-corrected chi connectivity index (χ0v) is 19.4. The lowest BCUT2D eigenvalue weighted by Crippen LogP contribution is -2.52. The Kier molecular flexibility index (Phi) is 6.50. The predicted molar refractivity (Wildman–Crippen MR) is 115 cm³/mol. The van der Waals surface area contributed by atoms with Crippen LogP contribution in [-0.4, -0.2) is 40.3 Å². The van der Waals surface area contributed by atoms with E-state index in [0.29, 0.717) is 21.9 Å². The topological polar surface area (TPSA) is 72.8 Å². The molecule has 0 heterocycles. The molecule has 2 fully saturated rings. The van der Waals surface area contributed by atoms with Crippen molar-refractivity contribution in [1.29, 1.82) is 0 Å². The summed E-state index contributed by atoms with van der Waals surface area (Å²) in [6.45, 7) is 6.70. The number of hydrogen-bond acceptors (Lipinski definition) is 4. The Morgan fingerprint density at radius 1 is 1.21 bits per heavy atom. The number of esters is 1. The summed E-state index contributed by atoms with van der Waals surface area (Å²) in [7, 11) is 0. The third kappa shape index (κ3) is 4.58. The van der Waals surface area contributed by atoms with E-state index >= 15 is 0 Å². The number of carboxylic acid groups (broad SMARTS) is 1. The van der Waals surface area contributed by atoms with Crippen LogP contribution in [0, 0.1) is 22.7 Å². The van der Waals surface area contributed by atoms with Crippen molar-refractivity contribution in [1.82, 2.24) is 0 Å². The van der Waals surface area contributed by atoms with Crippen LogP contribution in [0.25, 0.3) is 0 Å². The number of halogens is 1. The van der Waals surface area contributed by atoms with Gasteiger partial charge in [0.05, 0.1) is 6.61 Å². The first-order chi connectivity index (χ1) is 13.1. The van der Waals surface area contributed by atoms with Gasteiger partial charge in [-0.1, -0.05) is 61.4 Å². The maximum atomic E-state index is 12.0. The second-order valence-electron chi connectivity index (χ2n) is 9.78. The largest absolute Gasteiger partial charge is 0.480 e. The molecule has 3 aliphatic rings. The van der Waals surface area contributed by atoms with Gasteiger partial charge in [-0.05, 0) is 55.8 Å². The molecule has 1 N–H and O–H groups in total. The number of carboxylic acids is 1. The fourth-order valence-electron chi connectivity index (χ4n) is 6.19. The molecule has 0 radical (unpaired) electrons. The molecule has 0 amide bonds. The molecule has 0 spiro atoms. The van der Waals surface area contributed by atoms with E-state index in [0.717, 1.165) is 19.3 Å². The molecular formula is C22H33IO5. The summed E-state index contributed by atoms with van der Waals surface area (Å²) in [6, 6.07) is 0. The highest BCUT2D eigenvalue weighted by molar-refractivity contribution is 14.1. The Hall–Kier alpha value is -0.630. The molecule has 28 heavy (non-hydrogen) atoms. The molecule has 0 aromatic carbocycles. The molecule has 0 aliphatic heterocycles. The zero-order valence-electron chi connectivity index (χ0n) is 17.3. The molecule has 5 nitrogen and oxygen atoms in total. The van der Waals surface area contributed by atoms with Gasteiger partial charge in [0.1, 0.15) is 13.2 Å². The number of carbonyl (C=O) groups is 2. The number of hydrogen-bond donors (Lipinski definition) is 1. The monoisotopic (exact) mass is 504 g/mol. The molecule has 0 saturated heterocycles. The van der Waals surface area contributed by atoms with Gasteiger partial charge in [-0.2, -0.15) is 0 Å². The second kappa shape index (κ2) is 8.25. The van der Waals surface area contributed by atoms with Crippen LogP contribution in [0.15, 0.2) is 11.6 Å². The van der Waals surface area contributed by atoms with Crippen molar-refractivity contribution in [2.75, 3.05) is 19.8 Å². The minimum atomic E-state index is -1.08. The molecular weight excluding hydrogens is 471 g/mol. The summed E-state index contributed by atoms with van der Waals surface area (Å²) in [6.07, 6.45) is 10.8. The van der Waals surface area contributed by atoms with Gasteiger partial charge >= 0.3 is 11.9 Å². The first-order valence-corrected chi connectivity index (χ1v) is 11.5. The number of aliphatic carboxylic acids is 1. The number of rotatable bonds is 6. The van der Waals surface area contributed by atoms with Crippen LogP contribution in [0.3, 0.4) is 0 Å². The fourth-order valence-corrected chi connectivity index (χ4v) is 6.94. The van der Waals surface area contributed by atoms with E-state index in [9.17, 15) is 9.59 Å². The third-order valence-electron chi connectivity index (χ3n) is 7.39. The second-order valence-corrected chi connectivity index (χ2v) is 12.4. The summed E-state index contributed by atoms with van der Waals surface area (Å²) in [5.74, 6) is -0.335. The molecule has 0 bridgehead atoms. The SMILES string of the molecule is C[C@]1(I)CC=C2C(CCC3[C@](C)(COC(=O)COCC(=O)O)CCC[C@@]23C)C1. The summed E-state index contributed by atoms with van der Waals surface area (Å²) < 4.78 is 10.8. The normalized spacial score (nSPS) is 40.1. The van der Waals surface area contributed by atoms with Crippen LogP contribution in [0.5, 0.6) is 0 Å². The number of carbonyl (C=O) groups excluding carboxylic acids is 1. The molecule has 6 heteroatoms. The van der Waals surface area contributed by atoms with Crippen LogP contribution in [0.4, 0.5) is 0 Å². The van der Waals surface area contributed by atoms with E-state index in [1.54, 1.807) is 5.57 Å². The van der Waals surface area contributed by atoms with E-state index < -0.39 is 18.5 Å². The molecule has 0 aromatic heterocycles. The van der Waals surface area contributed by atoms with Crippen LogP contribution >= 0.6 is 22.6 Å². The van der Waals surface area contributed by atoms with Crippen molar-refractivity contribution in [2.24, 2.45) is 22.7 Å². The smallest absolute Gasteiger partial charge is 0.332 e. The van der Waals surface area contributed by atoms with Gasteiger partial charge < -0.3 is 14.6 Å². The van der Waals surface area contributed by atoms with Gasteiger partial charge in [0, 0.05) is 8.84 Å². The van der Waals surface area contributed by atoms with Gasteiger partial charge in [-0.3, -0.25) is 0 Å². The standard InChI is InChI=1S/C22H33IO5/c1-20(14-28-19(26)13-27-12-18(24)25)8-4-9-22(3)16-7-10-21(2,23)11-15(16)5-6-17(20)22/h7,15,17H,4-6,8-14H2,1-3H3,(H,24,25)/t15?,17?,20-,21-,22-/m0/s1. The van der Waals surface area contributed by atoms with Crippen LogP contribution in [-0.2, 0) is 19.1 Å². The van der Waals surface area contributed by atoms with Crippen molar-refractivity contribution in [3.8, 4) is 0 Å². The van der Waals surface area contributed by atoms with E-state index in [4.69, 9.17) is 14.6 Å². The van der Waals surface area contributed by atoms with Crippen LogP contribution in [0.2, 0.25) is 0 Å². The molecule has 0 aromatic rings. The Bertz CT molecular complexity index is 657. The zero-order chi connectivity index (χ0) is 20.6. The van der Waals surface area contributed by atoms with Crippen molar-refractivity contribution in [2.45, 2.75) is 69.1 Å². The molecule has 2 unspecified atom stereocenters. The van der Waals surface area contributed by atoms with Gasteiger partial charge in [-0.15, -0.1) is 0 Å². The Labute approximate surface area is 181 Å². The van der Waals surface area contributed by atoms with E-state index in [1.807, 2.05) is 0 Å². The number of ether oxygens (including phenoxy) is 2. The van der Waals surface area contributed by atoms with Crippen LogP contribution in [0.1, 0.15) is 65.7 Å². The fraction of sp³-hybridized carbons (Fsp3) is 0.818. The number of fused-ring (bicyclic) bond motifs is 3. The van der Waals surface area contributed by atoms with Crippen molar-refractivity contribution in [3.63, 3.8) is 0 Å². The average molecular weight is 504 g/mol. The summed E-state index contributed by atoms with van der Waals surface area (Å²) in [4.78, 5) is 22.5. The minimum absolute atomic E-state index is 0.0354. The predicted octanol–water partition coefficient (Wildman–Crippen LogP) is 4.77. The van der Waals surface area contributed by atoms with Crippen LogP contribution < -0.4 is 0 Å². The molecule has 2 saturated carbocycles. The third-order valence-corrected chi connectivity index (χ3v) is 8.27. The Balaban J connectivity index is 1.68. The molecule has 5 atom stereocenters. The first-order valence-electron chi connectivity index (χ1n) is 10.4. The minimum Gasteiger partial charge on any atom is -0.480 e. The molecule has 3 aliphatic carbocycles. The highest BCUT2D eigenvalue weighted by Gasteiger charge is 2.55. The van der Waals surface area contributed by atoms with Gasteiger partial charge in [-0.25, -0.2) is 9.59 Å². The van der Waals surface area contributed by atoms with E-state index in [2.05, 4.69) is 49.4 Å². The summed E-state index contributed by atoms with van der Waals surface area (Å²) in [5.41, 5.74) is 1.83. The lowest BCUT2D eigenvalue weighted by atomic mass is 9.47. The van der Waals surface area contributed by atoms with E-state index in [1.165, 1.54) is 25.7 Å². The Morgan fingerprint density at radius 3 is 2.68 bits per heavy atom. The van der Waals surface area contributed by atoms with Crippen molar-refractivity contribution < 1.29 is 24.2 Å². The Morgan fingerprint density at radius 2 is 1.96 bits per heavy atom.